The fourth-order valence-electron chi connectivity index (χ4n) is 2.10. The molecule has 0 bridgehead atoms. The number of thiocarbonyl (C=S) groups is 1. The number of hydrogen-bond acceptors (Lipinski definition) is 1. The summed E-state index contributed by atoms with van der Waals surface area (Å²) in [6.45, 7) is 6.16. The van der Waals surface area contributed by atoms with E-state index in [0.29, 0.717) is 0 Å². The quantitative estimate of drug-likeness (QED) is 0.740. The molecule has 0 saturated carbocycles. The minimum Gasteiger partial charge on any atom is -0.349 e. The third-order valence-corrected chi connectivity index (χ3v) is 3.54. The molecule has 1 aliphatic heterocycles. The SMILES string of the molecule is CCN(CC)C(=S)N1C=CCc2ccccc21. The van der Waals surface area contributed by atoms with Gasteiger partial charge in [0, 0.05) is 19.3 Å². The predicted octanol–water partition coefficient (Wildman–Crippen LogP) is 3.19. The normalized spacial score (nSPS) is 13.4. The Morgan fingerprint density at radius 2 is 2.00 bits per heavy atom. The van der Waals surface area contributed by atoms with Gasteiger partial charge in [0.05, 0.1) is 5.69 Å². The molecule has 0 atom stereocenters. The number of benzene rings is 1. The molecular formula is C14H18N2S. The highest BCUT2D eigenvalue weighted by Gasteiger charge is 2.18. The molecule has 0 radical (unpaired) electrons. The Morgan fingerprint density at radius 1 is 1.29 bits per heavy atom. The van der Waals surface area contributed by atoms with Crippen LogP contribution in [0.1, 0.15) is 19.4 Å². The van der Waals surface area contributed by atoms with Gasteiger partial charge in [-0.1, -0.05) is 24.3 Å². The van der Waals surface area contributed by atoms with Crippen molar-refractivity contribution in [2.45, 2.75) is 20.3 Å². The monoisotopic (exact) mass is 246 g/mol. The number of allylic oxidation sites excluding steroid dienone is 1. The predicted molar refractivity (Wildman–Crippen MR) is 77.3 cm³/mol. The Bertz CT molecular complexity index is 436. The highest BCUT2D eigenvalue weighted by atomic mass is 32.1. The van der Waals surface area contributed by atoms with Gasteiger partial charge in [-0.25, -0.2) is 0 Å². The van der Waals surface area contributed by atoms with Crippen molar-refractivity contribution in [2.24, 2.45) is 0 Å². The van der Waals surface area contributed by atoms with Gasteiger partial charge in [0.2, 0.25) is 0 Å². The van der Waals surface area contributed by atoms with Crippen LogP contribution in [-0.4, -0.2) is 23.1 Å². The lowest BCUT2D eigenvalue weighted by molar-refractivity contribution is 0.467. The van der Waals surface area contributed by atoms with Crippen LogP contribution in [0.4, 0.5) is 5.69 Å². The van der Waals surface area contributed by atoms with Crippen molar-refractivity contribution in [3.05, 3.63) is 42.1 Å². The van der Waals surface area contributed by atoms with E-state index in [9.17, 15) is 0 Å². The van der Waals surface area contributed by atoms with Gasteiger partial charge in [-0.05, 0) is 44.1 Å². The summed E-state index contributed by atoms with van der Waals surface area (Å²) in [6, 6.07) is 8.44. The van der Waals surface area contributed by atoms with E-state index in [0.717, 1.165) is 24.6 Å². The van der Waals surface area contributed by atoms with E-state index < -0.39 is 0 Å². The van der Waals surface area contributed by atoms with Crippen molar-refractivity contribution in [1.82, 2.24) is 4.90 Å². The van der Waals surface area contributed by atoms with Crippen molar-refractivity contribution >= 4 is 23.0 Å². The van der Waals surface area contributed by atoms with Crippen LogP contribution < -0.4 is 4.90 Å². The lowest BCUT2D eigenvalue weighted by atomic mass is 10.1. The summed E-state index contributed by atoms with van der Waals surface area (Å²) in [7, 11) is 0. The number of para-hydroxylation sites is 1. The second kappa shape index (κ2) is 5.32. The van der Waals surface area contributed by atoms with Crippen LogP contribution in [0.2, 0.25) is 0 Å². The molecule has 90 valence electrons. The molecule has 2 nitrogen and oxygen atoms in total. The molecular weight excluding hydrogens is 228 g/mol. The summed E-state index contributed by atoms with van der Waals surface area (Å²) in [4.78, 5) is 4.31. The topological polar surface area (TPSA) is 6.48 Å². The first-order valence-corrected chi connectivity index (χ1v) is 6.51. The highest BCUT2D eigenvalue weighted by Crippen LogP contribution is 2.26. The number of nitrogens with zero attached hydrogens (tertiary/aromatic N) is 2. The lowest BCUT2D eigenvalue weighted by Gasteiger charge is -2.32. The zero-order valence-corrected chi connectivity index (χ0v) is 11.2. The van der Waals surface area contributed by atoms with Crippen LogP contribution >= 0.6 is 12.2 Å². The molecule has 1 aromatic rings. The molecule has 0 aromatic heterocycles. The van der Waals surface area contributed by atoms with Crippen LogP contribution in [-0.2, 0) is 6.42 Å². The van der Waals surface area contributed by atoms with E-state index in [2.05, 4.69) is 60.2 Å². The van der Waals surface area contributed by atoms with E-state index in [-0.39, 0.29) is 0 Å². The van der Waals surface area contributed by atoms with E-state index in [1.54, 1.807) is 0 Å². The zero-order valence-electron chi connectivity index (χ0n) is 10.4. The first kappa shape index (κ1) is 12.1. The average molecular weight is 246 g/mol. The van der Waals surface area contributed by atoms with Crippen molar-refractivity contribution in [2.75, 3.05) is 18.0 Å². The zero-order chi connectivity index (χ0) is 12.3. The van der Waals surface area contributed by atoms with Crippen LogP contribution in [0, 0.1) is 0 Å². The van der Waals surface area contributed by atoms with E-state index in [4.69, 9.17) is 12.2 Å². The molecule has 17 heavy (non-hydrogen) atoms. The fraction of sp³-hybridized carbons (Fsp3) is 0.357. The van der Waals surface area contributed by atoms with Crippen molar-refractivity contribution in [1.29, 1.82) is 0 Å². The van der Waals surface area contributed by atoms with Crippen molar-refractivity contribution in [3.63, 3.8) is 0 Å². The minimum absolute atomic E-state index is 0.887. The second-order valence-electron chi connectivity index (χ2n) is 4.04. The van der Waals surface area contributed by atoms with Crippen LogP contribution in [0.15, 0.2) is 36.5 Å². The summed E-state index contributed by atoms with van der Waals surface area (Å²) < 4.78 is 0. The average Bonchev–Trinajstić information content (AvgIpc) is 2.39. The van der Waals surface area contributed by atoms with Gasteiger partial charge in [0.25, 0.3) is 0 Å². The molecule has 0 spiro atoms. The van der Waals surface area contributed by atoms with Gasteiger partial charge in [-0.15, -0.1) is 0 Å². The first-order valence-electron chi connectivity index (χ1n) is 6.10. The molecule has 1 heterocycles. The molecule has 0 saturated heterocycles. The molecule has 0 amide bonds. The minimum atomic E-state index is 0.887. The first-order chi connectivity index (χ1) is 8.27. The van der Waals surface area contributed by atoms with Gasteiger partial charge in [0.15, 0.2) is 5.11 Å². The Morgan fingerprint density at radius 3 is 2.71 bits per heavy atom. The van der Waals surface area contributed by atoms with Gasteiger partial charge >= 0.3 is 0 Å². The maximum atomic E-state index is 5.57. The molecule has 0 fully saturated rings. The molecule has 3 heteroatoms. The molecule has 1 aromatic carbocycles. The van der Waals surface area contributed by atoms with Gasteiger partial charge in [-0.3, -0.25) is 4.90 Å². The Hall–Kier alpha value is -1.35. The molecule has 1 aliphatic rings. The van der Waals surface area contributed by atoms with Crippen LogP contribution in [0.3, 0.4) is 0 Å². The van der Waals surface area contributed by atoms with Crippen molar-refractivity contribution < 1.29 is 0 Å². The molecule has 0 N–H and O–H groups in total. The van der Waals surface area contributed by atoms with Crippen LogP contribution in [0.25, 0.3) is 0 Å². The van der Waals surface area contributed by atoms with E-state index >= 15 is 0 Å². The molecule has 0 unspecified atom stereocenters. The third-order valence-electron chi connectivity index (χ3n) is 3.08. The number of rotatable bonds is 2. The molecule has 2 rings (SSSR count). The van der Waals surface area contributed by atoms with Gasteiger partial charge < -0.3 is 4.90 Å². The molecule has 0 aliphatic carbocycles. The van der Waals surface area contributed by atoms with E-state index in [1.807, 2.05) is 0 Å². The van der Waals surface area contributed by atoms with Gasteiger partial charge in [-0.2, -0.15) is 0 Å². The summed E-state index contributed by atoms with van der Waals surface area (Å²) in [5, 5.41) is 0.887. The maximum Gasteiger partial charge on any atom is 0.180 e. The standard InChI is InChI=1S/C14H18N2S/c1-3-15(4-2)14(17)16-11-7-9-12-8-5-6-10-13(12)16/h5-8,10-11H,3-4,9H2,1-2H3. The number of anilines is 1. The van der Waals surface area contributed by atoms with E-state index in [1.165, 1.54) is 11.3 Å². The second-order valence-corrected chi connectivity index (χ2v) is 4.41. The Balaban J connectivity index is 2.30. The third kappa shape index (κ3) is 2.34. The Kier molecular flexibility index (Phi) is 3.79. The largest absolute Gasteiger partial charge is 0.349 e. The Labute approximate surface area is 109 Å². The van der Waals surface area contributed by atoms with Crippen LogP contribution in [0.5, 0.6) is 0 Å². The summed E-state index contributed by atoms with van der Waals surface area (Å²) in [6.07, 6.45) is 5.24. The number of fused-ring (bicyclic) bond motifs is 1. The lowest BCUT2D eigenvalue weighted by Crippen LogP contribution is -2.41. The summed E-state index contributed by atoms with van der Waals surface area (Å²) in [5.41, 5.74) is 2.55. The summed E-state index contributed by atoms with van der Waals surface area (Å²) in [5.74, 6) is 0. The maximum absolute atomic E-state index is 5.57. The smallest absolute Gasteiger partial charge is 0.180 e. The highest BCUT2D eigenvalue weighted by molar-refractivity contribution is 7.80. The fourth-order valence-corrected chi connectivity index (χ4v) is 2.51. The van der Waals surface area contributed by atoms with Gasteiger partial charge in [0.1, 0.15) is 0 Å². The number of hydrogen-bond donors (Lipinski definition) is 0. The van der Waals surface area contributed by atoms with Crippen molar-refractivity contribution in [3.8, 4) is 0 Å². The summed E-state index contributed by atoms with van der Waals surface area (Å²) >= 11 is 5.57.